The molecule has 5 nitrogen and oxygen atoms in total. The summed E-state index contributed by atoms with van der Waals surface area (Å²) in [5.74, 6) is -0.586. The topological polar surface area (TPSA) is 75.3 Å². The summed E-state index contributed by atoms with van der Waals surface area (Å²) in [6.07, 6.45) is -2.73. The number of rotatable bonds is 8. The van der Waals surface area contributed by atoms with Gasteiger partial charge in [0.15, 0.2) is 0 Å². The van der Waals surface area contributed by atoms with E-state index >= 15 is 0 Å². The summed E-state index contributed by atoms with van der Waals surface area (Å²) in [5, 5.41) is 1.71. The molecule has 0 aliphatic heterocycles. The Morgan fingerprint density at radius 3 is 2.39 bits per heavy atom. The Morgan fingerprint density at radius 1 is 1.26 bits per heavy atom. The molecular weight excluding hydrogens is 353 g/mol. The van der Waals surface area contributed by atoms with Crippen LogP contribution in [0.15, 0.2) is 35.2 Å². The van der Waals surface area contributed by atoms with Crippen molar-refractivity contribution < 1.29 is 26.4 Å². The number of hydrogen-bond donors (Lipinski definition) is 2. The molecule has 0 spiro atoms. The molecular formula is C13H17F3N2O3S2. The summed E-state index contributed by atoms with van der Waals surface area (Å²) in [6.45, 7) is -1.51. The normalized spacial score (nSPS) is 13.6. The molecule has 1 amide bonds. The van der Waals surface area contributed by atoms with E-state index in [2.05, 4.69) is 4.72 Å². The average Bonchev–Trinajstić information content (AvgIpc) is 2.49. The van der Waals surface area contributed by atoms with Gasteiger partial charge in [0.25, 0.3) is 0 Å². The SMILES string of the molecule is CSCCC(NS(=O)(=O)c1ccccc1)C(=O)NCC(F)(F)F. The number of carbonyl (C=O) groups excluding carboxylic acids is 1. The van der Waals surface area contributed by atoms with Crippen LogP contribution in [0.5, 0.6) is 0 Å². The van der Waals surface area contributed by atoms with Crippen molar-refractivity contribution >= 4 is 27.7 Å². The first-order chi connectivity index (χ1) is 10.7. The largest absolute Gasteiger partial charge is 0.405 e. The van der Waals surface area contributed by atoms with Gasteiger partial charge in [0.1, 0.15) is 12.6 Å². The molecule has 0 aromatic heterocycles. The molecule has 10 heteroatoms. The molecule has 1 rings (SSSR count). The highest BCUT2D eigenvalue weighted by Gasteiger charge is 2.31. The highest BCUT2D eigenvalue weighted by molar-refractivity contribution is 7.98. The van der Waals surface area contributed by atoms with Crippen LogP contribution in [0.1, 0.15) is 6.42 Å². The van der Waals surface area contributed by atoms with E-state index in [-0.39, 0.29) is 11.3 Å². The number of carbonyl (C=O) groups is 1. The van der Waals surface area contributed by atoms with Crippen LogP contribution in [0.2, 0.25) is 0 Å². The zero-order valence-corrected chi connectivity index (χ0v) is 13.9. The Morgan fingerprint density at radius 2 is 1.87 bits per heavy atom. The lowest BCUT2D eigenvalue weighted by atomic mass is 10.2. The van der Waals surface area contributed by atoms with Crippen LogP contribution in [0.25, 0.3) is 0 Å². The summed E-state index contributed by atoms with van der Waals surface area (Å²) in [5.41, 5.74) is 0. The number of thioether (sulfide) groups is 1. The standard InChI is InChI=1S/C13H17F3N2O3S2/c1-22-8-7-11(12(19)17-9-13(14,15)16)18-23(20,21)10-5-3-2-4-6-10/h2-6,11,18H,7-9H2,1H3,(H,17,19). The predicted octanol–water partition coefficient (Wildman–Crippen LogP) is 1.77. The molecule has 0 bridgehead atoms. The molecule has 2 N–H and O–H groups in total. The average molecular weight is 370 g/mol. The minimum absolute atomic E-state index is 0.0576. The fourth-order valence-electron chi connectivity index (χ4n) is 1.64. The van der Waals surface area contributed by atoms with Crippen molar-refractivity contribution in [2.24, 2.45) is 0 Å². The first-order valence-electron chi connectivity index (χ1n) is 6.56. The van der Waals surface area contributed by atoms with Gasteiger partial charge in [-0.15, -0.1) is 0 Å². The molecule has 130 valence electrons. The van der Waals surface area contributed by atoms with Crippen LogP contribution in [0, 0.1) is 0 Å². The quantitative estimate of drug-likeness (QED) is 0.731. The lowest BCUT2D eigenvalue weighted by molar-refractivity contribution is -0.139. The molecule has 0 heterocycles. The molecule has 0 fully saturated rings. The molecule has 0 aliphatic carbocycles. The summed E-state index contributed by atoms with van der Waals surface area (Å²) in [7, 11) is -3.99. The highest BCUT2D eigenvalue weighted by Crippen LogP contribution is 2.14. The first-order valence-corrected chi connectivity index (χ1v) is 9.44. The van der Waals surface area contributed by atoms with Crippen LogP contribution in [0.4, 0.5) is 13.2 Å². The fourth-order valence-corrected chi connectivity index (χ4v) is 3.37. The Kier molecular flexibility index (Phi) is 7.36. The van der Waals surface area contributed by atoms with Gasteiger partial charge < -0.3 is 5.32 Å². The Labute approximate surface area is 137 Å². The van der Waals surface area contributed by atoms with E-state index in [9.17, 15) is 26.4 Å². The van der Waals surface area contributed by atoms with Crippen LogP contribution in [-0.4, -0.2) is 45.1 Å². The first kappa shape index (κ1) is 19.8. The van der Waals surface area contributed by atoms with Crippen molar-refractivity contribution in [2.75, 3.05) is 18.6 Å². The van der Waals surface area contributed by atoms with Gasteiger partial charge in [-0.3, -0.25) is 4.79 Å². The molecule has 0 saturated carbocycles. The van der Waals surface area contributed by atoms with Crippen molar-refractivity contribution in [3.8, 4) is 0 Å². The van der Waals surface area contributed by atoms with Crippen molar-refractivity contribution in [1.82, 2.24) is 10.0 Å². The lowest BCUT2D eigenvalue weighted by Gasteiger charge is -2.18. The van der Waals surface area contributed by atoms with E-state index in [1.54, 1.807) is 17.6 Å². The molecule has 1 atom stereocenters. The maximum atomic E-state index is 12.2. The third-order valence-corrected chi connectivity index (χ3v) is 4.87. The third-order valence-electron chi connectivity index (χ3n) is 2.74. The number of amides is 1. The minimum atomic E-state index is -4.56. The molecule has 0 radical (unpaired) electrons. The van der Waals surface area contributed by atoms with Gasteiger partial charge in [-0.05, 0) is 30.6 Å². The third kappa shape index (κ3) is 7.23. The van der Waals surface area contributed by atoms with Gasteiger partial charge in [-0.1, -0.05) is 18.2 Å². The zero-order chi connectivity index (χ0) is 17.5. The van der Waals surface area contributed by atoms with E-state index in [1.165, 1.54) is 36.0 Å². The van der Waals surface area contributed by atoms with Crippen LogP contribution < -0.4 is 10.0 Å². The Hall–Kier alpha value is -1.26. The van der Waals surface area contributed by atoms with Gasteiger partial charge in [-0.2, -0.15) is 29.7 Å². The maximum absolute atomic E-state index is 12.2. The van der Waals surface area contributed by atoms with Crippen LogP contribution in [-0.2, 0) is 14.8 Å². The number of sulfonamides is 1. The van der Waals surface area contributed by atoms with Gasteiger partial charge in [0.05, 0.1) is 4.90 Å². The number of halogens is 3. The van der Waals surface area contributed by atoms with Gasteiger partial charge in [-0.25, -0.2) is 8.42 Å². The zero-order valence-electron chi connectivity index (χ0n) is 12.3. The summed E-state index contributed by atoms with van der Waals surface area (Å²) in [4.78, 5) is 11.8. The molecule has 1 aromatic rings. The van der Waals surface area contributed by atoms with Crippen LogP contribution in [0.3, 0.4) is 0 Å². The number of benzene rings is 1. The second-order valence-electron chi connectivity index (χ2n) is 4.60. The van der Waals surface area contributed by atoms with Gasteiger partial charge in [0.2, 0.25) is 15.9 Å². The molecule has 1 unspecified atom stereocenters. The van der Waals surface area contributed by atoms with E-state index in [0.717, 1.165) is 0 Å². The highest BCUT2D eigenvalue weighted by atomic mass is 32.2. The van der Waals surface area contributed by atoms with Crippen molar-refractivity contribution in [3.05, 3.63) is 30.3 Å². The monoisotopic (exact) mass is 370 g/mol. The Bertz CT molecular complexity index is 607. The molecule has 0 aliphatic rings. The van der Waals surface area contributed by atoms with E-state index in [0.29, 0.717) is 5.75 Å². The van der Waals surface area contributed by atoms with E-state index < -0.39 is 34.7 Å². The van der Waals surface area contributed by atoms with Crippen molar-refractivity contribution in [2.45, 2.75) is 23.5 Å². The predicted molar refractivity (Wildman–Crippen MR) is 82.6 cm³/mol. The number of nitrogens with one attached hydrogen (secondary N) is 2. The minimum Gasteiger partial charge on any atom is -0.346 e. The summed E-state index contributed by atoms with van der Waals surface area (Å²) < 4.78 is 63.1. The second kappa shape index (κ2) is 8.55. The van der Waals surface area contributed by atoms with Crippen molar-refractivity contribution in [1.29, 1.82) is 0 Å². The molecule has 1 aromatic carbocycles. The maximum Gasteiger partial charge on any atom is 0.405 e. The van der Waals surface area contributed by atoms with Gasteiger partial charge in [0, 0.05) is 0 Å². The van der Waals surface area contributed by atoms with Crippen molar-refractivity contribution in [3.63, 3.8) is 0 Å². The molecule has 0 saturated heterocycles. The number of alkyl halides is 3. The van der Waals surface area contributed by atoms with E-state index in [4.69, 9.17) is 0 Å². The van der Waals surface area contributed by atoms with Crippen LogP contribution >= 0.6 is 11.8 Å². The fraction of sp³-hybridized carbons (Fsp3) is 0.462. The molecule has 23 heavy (non-hydrogen) atoms. The summed E-state index contributed by atoms with van der Waals surface area (Å²) >= 11 is 1.36. The number of hydrogen-bond acceptors (Lipinski definition) is 4. The van der Waals surface area contributed by atoms with E-state index in [1.807, 2.05) is 0 Å². The lowest BCUT2D eigenvalue weighted by Crippen LogP contribution is -2.48. The Balaban J connectivity index is 2.83. The second-order valence-corrected chi connectivity index (χ2v) is 7.30. The summed E-state index contributed by atoms with van der Waals surface area (Å²) in [6, 6.07) is 6.04. The smallest absolute Gasteiger partial charge is 0.346 e. The van der Waals surface area contributed by atoms with Gasteiger partial charge >= 0.3 is 6.18 Å².